The monoisotopic (exact) mass is 241 g/mol. The van der Waals surface area contributed by atoms with Crippen LogP contribution in [0.25, 0.3) is 0 Å². The summed E-state index contributed by atoms with van der Waals surface area (Å²) in [6, 6.07) is 1.89. The van der Waals surface area contributed by atoms with Crippen LogP contribution in [0.3, 0.4) is 0 Å². The van der Waals surface area contributed by atoms with E-state index in [9.17, 15) is 9.59 Å². The lowest BCUT2D eigenvalue weighted by Crippen LogP contribution is -2.51. The number of nitrogens with zero attached hydrogens (tertiary/aromatic N) is 1. The van der Waals surface area contributed by atoms with Crippen LogP contribution in [0.1, 0.15) is 17.7 Å². The van der Waals surface area contributed by atoms with Crippen LogP contribution in [0, 0.1) is 0 Å². The molecule has 3 heterocycles. The Morgan fingerprint density at radius 2 is 2.17 bits per heavy atom. The maximum Gasteiger partial charge on any atom is 0.247 e. The zero-order valence-electron chi connectivity index (χ0n) is 9.68. The topological polar surface area (TPSA) is 50.5 Å². The Morgan fingerprint density at radius 1 is 1.28 bits per heavy atom. The summed E-state index contributed by atoms with van der Waals surface area (Å²) in [6.45, 7) is 0.612. The largest absolute Gasteiger partial charge is 0.469 e. The van der Waals surface area contributed by atoms with Crippen LogP contribution in [0.2, 0.25) is 0 Å². The number of fused-ring (bicyclic) bond motifs is 1. The number of furan rings is 1. The third kappa shape index (κ3) is 0.967. The van der Waals surface area contributed by atoms with E-state index in [0.717, 1.165) is 23.3 Å². The lowest BCUT2D eigenvalue weighted by Gasteiger charge is -2.44. The lowest BCUT2D eigenvalue weighted by molar-refractivity contribution is -0.131. The van der Waals surface area contributed by atoms with Gasteiger partial charge < -0.3 is 9.32 Å². The van der Waals surface area contributed by atoms with Crippen molar-refractivity contribution in [1.29, 1.82) is 0 Å². The first-order valence-electron chi connectivity index (χ1n) is 6.03. The second kappa shape index (κ2) is 3.02. The van der Waals surface area contributed by atoms with Gasteiger partial charge in [0.15, 0.2) is 5.78 Å². The van der Waals surface area contributed by atoms with E-state index < -0.39 is 5.54 Å². The van der Waals surface area contributed by atoms with E-state index in [-0.39, 0.29) is 11.7 Å². The average molecular weight is 241 g/mol. The molecule has 0 radical (unpaired) electrons. The van der Waals surface area contributed by atoms with Gasteiger partial charge in [-0.15, -0.1) is 0 Å². The summed E-state index contributed by atoms with van der Waals surface area (Å²) >= 11 is 0. The molecule has 0 aromatic carbocycles. The highest BCUT2D eigenvalue weighted by Crippen LogP contribution is 2.49. The molecule has 1 aliphatic carbocycles. The van der Waals surface area contributed by atoms with Crippen LogP contribution in [0.5, 0.6) is 0 Å². The van der Waals surface area contributed by atoms with Crippen molar-refractivity contribution in [2.75, 3.05) is 6.54 Å². The number of hydrogen-bond acceptors (Lipinski definition) is 3. The quantitative estimate of drug-likeness (QED) is 0.688. The number of carbonyl (C=O) groups is 2. The lowest BCUT2D eigenvalue weighted by atomic mass is 9.74. The minimum absolute atomic E-state index is 0.00352. The molecule has 1 spiro atoms. The molecule has 1 aromatic rings. The first kappa shape index (κ1) is 9.88. The second-order valence-corrected chi connectivity index (χ2v) is 4.93. The van der Waals surface area contributed by atoms with E-state index in [0.29, 0.717) is 13.0 Å². The molecule has 4 rings (SSSR count). The van der Waals surface area contributed by atoms with Crippen molar-refractivity contribution >= 4 is 11.7 Å². The fraction of sp³-hybridized carbons (Fsp3) is 0.286. The van der Waals surface area contributed by atoms with E-state index in [1.807, 2.05) is 11.0 Å². The van der Waals surface area contributed by atoms with E-state index in [2.05, 4.69) is 0 Å². The molecular formula is C14H11NO3. The Kier molecular flexibility index (Phi) is 1.66. The molecule has 2 aliphatic heterocycles. The Hall–Kier alpha value is -2.10. The normalized spacial score (nSPS) is 28.9. The van der Waals surface area contributed by atoms with Gasteiger partial charge in [0.25, 0.3) is 0 Å². The molecule has 1 amide bonds. The van der Waals surface area contributed by atoms with Gasteiger partial charge in [-0.2, -0.15) is 0 Å². The summed E-state index contributed by atoms with van der Waals surface area (Å²) in [5.74, 6) is 0.951. The number of ketones is 1. The first-order valence-corrected chi connectivity index (χ1v) is 6.03. The third-order valence-corrected chi connectivity index (χ3v) is 4.12. The van der Waals surface area contributed by atoms with Crippen LogP contribution in [0.15, 0.2) is 40.5 Å². The number of allylic oxidation sites excluding steroid dienone is 1. The van der Waals surface area contributed by atoms with Gasteiger partial charge in [-0.1, -0.05) is 6.08 Å². The fourth-order valence-electron chi connectivity index (χ4n) is 3.36. The minimum Gasteiger partial charge on any atom is -0.469 e. The van der Waals surface area contributed by atoms with Gasteiger partial charge in [0.05, 0.1) is 6.26 Å². The van der Waals surface area contributed by atoms with E-state index in [1.54, 1.807) is 24.5 Å². The fourth-order valence-corrected chi connectivity index (χ4v) is 3.36. The maximum atomic E-state index is 12.1. The number of hydrogen-bond donors (Lipinski definition) is 0. The molecule has 4 heteroatoms. The van der Waals surface area contributed by atoms with Crippen molar-refractivity contribution < 1.29 is 14.0 Å². The molecule has 0 fully saturated rings. The van der Waals surface area contributed by atoms with Crippen molar-refractivity contribution in [3.05, 3.63) is 47.5 Å². The van der Waals surface area contributed by atoms with Crippen molar-refractivity contribution in [3.8, 4) is 0 Å². The molecule has 1 aromatic heterocycles. The van der Waals surface area contributed by atoms with Crippen molar-refractivity contribution in [2.24, 2.45) is 0 Å². The standard InChI is InChI=1S/C14H11NO3/c16-10-2-1-9-7-13(17)15-5-3-12-11(4-6-18-12)14(9,15)8-10/h1-2,4,6-7H,3,5,8H2/t14-/m0/s1. The van der Waals surface area contributed by atoms with Gasteiger partial charge >= 0.3 is 0 Å². The average Bonchev–Trinajstić information content (AvgIpc) is 2.91. The Labute approximate surface area is 104 Å². The molecule has 18 heavy (non-hydrogen) atoms. The zero-order valence-corrected chi connectivity index (χ0v) is 9.68. The van der Waals surface area contributed by atoms with Gasteiger partial charge in [0.2, 0.25) is 5.91 Å². The summed E-state index contributed by atoms with van der Waals surface area (Å²) < 4.78 is 5.48. The zero-order chi connectivity index (χ0) is 12.3. The smallest absolute Gasteiger partial charge is 0.247 e. The van der Waals surface area contributed by atoms with Gasteiger partial charge in [-0.25, -0.2) is 0 Å². The summed E-state index contributed by atoms with van der Waals surface area (Å²) in [4.78, 5) is 25.7. The molecule has 0 bridgehead atoms. The molecule has 1 atom stereocenters. The summed E-state index contributed by atoms with van der Waals surface area (Å²) in [6.07, 6.45) is 7.66. The third-order valence-electron chi connectivity index (χ3n) is 4.12. The Bertz CT molecular complexity index is 637. The van der Waals surface area contributed by atoms with Gasteiger partial charge in [0.1, 0.15) is 11.3 Å². The summed E-state index contributed by atoms with van der Waals surface area (Å²) in [5, 5.41) is 0. The molecule has 0 saturated heterocycles. The summed E-state index contributed by atoms with van der Waals surface area (Å²) in [5.41, 5.74) is 1.29. The molecule has 0 N–H and O–H groups in total. The molecular weight excluding hydrogens is 230 g/mol. The highest BCUT2D eigenvalue weighted by molar-refractivity contribution is 6.01. The molecule has 0 unspecified atom stereocenters. The van der Waals surface area contributed by atoms with Gasteiger partial charge in [-0.05, 0) is 17.7 Å². The first-order chi connectivity index (χ1) is 8.72. The molecule has 4 nitrogen and oxygen atoms in total. The van der Waals surface area contributed by atoms with Crippen LogP contribution in [-0.2, 0) is 21.5 Å². The van der Waals surface area contributed by atoms with Crippen LogP contribution < -0.4 is 0 Å². The molecule has 90 valence electrons. The van der Waals surface area contributed by atoms with E-state index in [4.69, 9.17) is 4.42 Å². The second-order valence-electron chi connectivity index (χ2n) is 4.93. The Morgan fingerprint density at radius 3 is 3.06 bits per heavy atom. The number of rotatable bonds is 0. The molecule has 3 aliphatic rings. The van der Waals surface area contributed by atoms with Crippen LogP contribution in [0.4, 0.5) is 0 Å². The van der Waals surface area contributed by atoms with Crippen LogP contribution in [-0.4, -0.2) is 23.1 Å². The SMILES string of the molecule is O=C1C=CC2=CC(=O)N3CCc4occc4[C@]23C1. The predicted octanol–water partition coefficient (Wildman–Crippen LogP) is 1.33. The number of amides is 1. The predicted molar refractivity (Wildman–Crippen MR) is 62.7 cm³/mol. The Balaban J connectivity index is 2.02. The van der Waals surface area contributed by atoms with Gasteiger partial charge in [0, 0.05) is 31.0 Å². The minimum atomic E-state index is -0.594. The van der Waals surface area contributed by atoms with E-state index in [1.165, 1.54) is 0 Å². The highest BCUT2D eigenvalue weighted by Gasteiger charge is 2.53. The van der Waals surface area contributed by atoms with Crippen molar-refractivity contribution in [3.63, 3.8) is 0 Å². The number of carbonyl (C=O) groups excluding carboxylic acids is 2. The maximum absolute atomic E-state index is 12.1. The molecule has 0 saturated carbocycles. The van der Waals surface area contributed by atoms with Crippen LogP contribution >= 0.6 is 0 Å². The highest BCUT2D eigenvalue weighted by atomic mass is 16.3. The van der Waals surface area contributed by atoms with Gasteiger partial charge in [-0.3, -0.25) is 9.59 Å². The van der Waals surface area contributed by atoms with E-state index >= 15 is 0 Å². The summed E-state index contributed by atoms with van der Waals surface area (Å²) in [7, 11) is 0. The van der Waals surface area contributed by atoms with Crippen molar-refractivity contribution in [2.45, 2.75) is 18.4 Å². The van der Waals surface area contributed by atoms with Crippen molar-refractivity contribution in [1.82, 2.24) is 4.90 Å².